The summed E-state index contributed by atoms with van der Waals surface area (Å²) in [4.78, 5) is 27.8. The first-order valence-corrected chi connectivity index (χ1v) is 7.63. The first-order valence-electron chi connectivity index (χ1n) is 7.63. The van der Waals surface area contributed by atoms with Gasteiger partial charge in [0.1, 0.15) is 11.6 Å². The standard InChI is InChI=1S/C17H16F2N2O3/c18-12-4-5-13(14(19)11-12)16(22)20-6-2-7-21(9-8-20)17(23)15-3-1-10-24-15/h1,3-5,10-11H,2,6-9H2. The Hall–Kier alpha value is -2.70. The summed E-state index contributed by atoms with van der Waals surface area (Å²) in [7, 11) is 0. The van der Waals surface area contributed by atoms with Crippen LogP contribution in [0.4, 0.5) is 8.78 Å². The predicted molar refractivity (Wildman–Crippen MR) is 81.5 cm³/mol. The van der Waals surface area contributed by atoms with Crippen molar-refractivity contribution in [3.05, 3.63) is 59.6 Å². The van der Waals surface area contributed by atoms with Gasteiger partial charge < -0.3 is 14.2 Å². The molecule has 0 spiro atoms. The Labute approximate surface area is 137 Å². The van der Waals surface area contributed by atoms with Gasteiger partial charge in [0.25, 0.3) is 11.8 Å². The lowest BCUT2D eigenvalue weighted by Crippen LogP contribution is -2.37. The quantitative estimate of drug-likeness (QED) is 0.848. The number of hydrogen-bond donors (Lipinski definition) is 0. The lowest BCUT2D eigenvalue weighted by molar-refractivity contribution is 0.0698. The molecule has 1 aliphatic heterocycles. The van der Waals surface area contributed by atoms with E-state index in [1.807, 2.05) is 0 Å². The lowest BCUT2D eigenvalue weighted by Gasteiger charge is -2.22. The van der Waals surface area contributed by atoms with Gasteiger partial charge in [-0.1, -0.05) is 0 Å². The number of rotatable bonds is 2. The molecule has 126 valence electrons. The van der Waals surface area contributed by atoms with Crippen LogP contribution >= 0.6 is 0 Å². The van der Waals surface area contributed by atoms with E-state index < -0.39 is 17.5 Å². The van der Waals surface area contributed by atoms with Crippen molar-refractivity contribution in [2.24, 2.45) is 0 Å². The molecule has 3 rings (SSSR count). The van der Waals surface area contributed by atoms with Gasteiger partial charge in [-0.25, -0.2) is 8.78 Å². The van der Waals surface area contributed by atoms with Gasteiger partial charge in [-0.15, -0.1) is 0 Å². The third-order valence-electron chi connectivity index (χ3n) is 3.96. The van der Waals surface area contributed by atoms with E-state index in [1.165, 1.54) is 11.2 Å². The van der Waals surface area contributed by atoms with Gasteiger partial charge in [-0.2, -0.15) is 0 Å². The summed E-state index contributed by atoms with van der Waals surface area (Å²) in [5, 5.41) is 0. The van der Waals surface area contributed by atoms with Crippen molar-refractivity contribution in [2.45, 2.75) is 6.42 Å². The number of furan rings is 1. The number of carbonyl (C=O) groups is 2. The van der Waals surface area contributed by atoms with Crippen LogP contribution < -0.4 is 0 Å². The van der Waals surface area contributed by atoms with Crippen molar-refractivity contribution in [1.29, 1.82) is 0 Å². The van der Waals surface area contributed by atoms with Crippen LogP contribution in [0.25, 0.3) is 0 Å². The largest absolute Gasteiger partial charge is 0.459 e. The molecule has 0 aliphatic carbocycles. The average molecular weight is 334 g/mol. The summed E-state index contributed by atoms with van der Waals surface area (Å²) in [5.74, 6) is -2.09. The van der Waals surface area contributed by atoms with Crippen LogP contribution in [0.3, 0.4) is 0 Å². The molecule has 0 bridgehead atoms. The van der Waals surface area contributed by atoms with Crippen molar-refractivity contribution >= 4 is 11.8 Å². The lowest BCUT2D eigenvalue weighted by atomic mass is 10.1. The second-order valence-corrected chi connectivity index (χ2v) is 5.54. The molecule has 1 aromatic carbocycles. The Bertz CT molecular complexity index is 746. The number of nitrogens with zero attached hydrogens (tertiary/aromatic N) is 2. The fraction of sp³-hybridized carbons (Fsp3) is 0.294. The van der Waals surface area contributed by atoms with Crippen LogP contribution in [-0.4, -0.2) is 47.8 Å². The number of amides is 2. The zero-order chi connectivity index (χ0) is 17.1. The molecule has 0 radical (unpaired) electrons. The van der Waals surface area contributed by atoms with E-state index in [0.717, 1.165) is 12.1 Å². The minimum Gasteiger partial charge on any atom is -0.459 e. The summed E-state index contributed by atoms with van der Waals surface area (Å²) in [6, 6.07) is 6.12. The van der Waals surface area contributed by atoms with E-state index in [2.05, 4.69) is 0 Å². The van der Waals surface area contributed by atoms with E-state index >= 15 is 0 Å². The van der Waals surface area contributed by atoms with Crippen molar-refractivity contribution in [3.63, 3.8) is 0 Å². The third-order valence-corrected chi connectivity index (χ3v) is 3.96. The molecule has 1 aromatic heterocycles. The minimum atomic E-state index is -0.882. The molecule has 0 unspecified atom stereocenters. The average Bonchev–Trinajstić information content (AvgIpc) is 2.98. The molecule has 1 fully saturated rings. The molecule has 0 saturated carbocycles. The van der Waals surface area contributed by atoms with Crippen molar-refractivity contribution in [2.75, 3.05) is 26.2 Å². The van der Waals surface area contributed by atoms with Crippen LogP contribution in [0.5, 0.6) is 0 Å². The second-order valence-electron chi connectivity index (χ2n) is 5.54. The maximum Gasteiger partial charge on any atom is 0.289 e. The number of hydrogen-bond acceptors (Lipinski definition) is 3. The molecule has 7 heteroatoms. The molecular weight excluding hydrogens is 318 g/mol. The van der Waals surface area contributed by atoms with Crippen molar-refractivity contribution < 1.29 is 22.8 Å². The fourth-order valence-corrected chi connectivity index (χ4v) is 2.71. The Kier molecular flexibility index (Phi) is 4.59. The SMILES string of the molecule is O=C(c1ccco1)N1CCCN(C(=O)c2ccc(F)cc2F)CC1. The summed E-state index contributed by atoms with van der Waals surface area (Å²) in [6.07, 6.45) is 2.00. The highest BCUT2D eigenvalue weighted by Crippen LogP contribution is 2.15. The van der Waals surface area contributed by atoms with E-state index in [4.69, 9.17) is 4.42 Å². The van der Waals surface area contributed by atoms with Crippen LogP contribution in [0.2, 0.25) is 0 Å². The number of halogens is 2. The van der Waals surface area contributed by atoms with Gasteiger partial charge in [-0.05, 0) is 30.7 Å². The zero-order valence-corrected chi connectivity index (χ0v) is 12.9. The van der Waals surface area contributed by atoms with E-state index in [1.54, 1.807) is 17.0 Å². The highest BCUT2D eigenvalue weighted by molar-refractivity contribution is 5.95. The molecule has 0 atom stereocenters. The summed E-state index contributed by atoms with van der Waals surface area (Å²) in [5.41, 5.74) is -0.165. The first kappa shape index (κ1) is 16.2. The smallest absolute Gasteiger partial charge is 0.289 e. The second kappa shape index (κ2) is 6.82. The molecule has 2 aromatic rings. The maximum absolute atomic E-state index is 13.8. The highest BCUT2D eigenvalue weighted by atomic mass is 19.1. The predicted octanol–water partition coefficient (Wildman–Crippen LogP) is 2.55. The van der Waals surface area contributed by atoms with Crippen LogP contribution in [0.1, 0.15) is 27.3 Å². The van der Waals surface area contributed by atoms with Crippen LogP contribution in [0, 0.1) is 11.6 Å². The normalized spacial score (nSPS) is 15.2. The maximum atomic E-state index is 13.8. The van der Waals surface area contributed by atoms with Gasteiger partial charge in [0, 0.05) is 32.2 Å². The molecule has 24 heavy (non-hydrogen) atoms. The van der Waals surface area contributed by atoms with Gasteiger partial charge in [0.2, 0.25) is 0 Å². The monoisotopic (exact) mass is 334 g/mol. The summed E-state index contributed by atoms with van der Waals surface area (Å²) >= 11 is 0. The van der Waals surface area contributed by atoms with Gasteiger partial charge in [0.15, 0.2) is 5.76 Å². The Morgan fingerprint density at radius 1 is 0.958 bits per heavy atom. The molecule has 1 aliphatic rings. The molecule has 5 nitrogen and oxygen atoms in total. The van der Waals surface area contributed by atoms with Crippen LogP contribution in [-0.2, 0) is 0 Å². The van der Waals surface area contributed by atoms with Gasteiger partial charge >= 0.3 is 0 Å². The molecule has 1 saturated heterocycles. The molecule has 2 heterocycles. The van der Waals surface area contributed by atoms with E-state index in [9.17, 15) is 18.4 Å². The Morgan fingerprint density at radius 2 is 1.67 bits per heavy atom. The third kappa shape index (κ3) is 3.29. The van der Waals surface area contributed by atoms with E-state index in [0.29, 0.717) is 32.1 Å². The number of carbonyl (C=O) groups excluding carboxylic acids is 2. The Morgan fingerprint density at radius 3 is 2.29 bits per heavy atom. The van der Waals surface area contributed by atoms with Gasteiger partial charge in [-0.3, -0.25) is 9.59 Å². The zero-order valence-electron chi connectivity index (χ0n) is 12.9. The topological polar surface area (TPSA) is 53.8 Å². The fourth-order valence-electron chi connectivity index (χ4n) is 2.71. The molecular formula is C17H16F2N2O3. The van der Waals surface area contributed by atoms with Gasteiger partial charge in [0.05, 0.1) is 11.8 Å². The van der Waals surface area contributed by atoms with E-state index in [-0.39, 0.29) is 23.8 Å². The molecule has 2 amide bonds. The minimum absolute atomic E-state index is 0.165. The summed E-state index contributed by atoms with van der Waals surface area (Å²) < 4.78 is 31.9. The Balaban J connectivity index is 1.69. The molecule has 0 N–H and O–H groups in total. The number of benzene rings is 1. The van der Waals surface area contributed by atoms with Crippen molar-refractivity contribution in [3.8, 4) is 0 Å². The first-order chi connectivity index (χ1) is 11.6. The highest BCUT2D eigenvalue weighted by Gasteiger charge is 2.25. The summed E-state index contributed by atoms with van der Waals surface area (Å²) in [6.45, 7) is 1.49. The van der Waals surface area contributed by atoms with Crippen molar-refractivity contribution in [1.82, 2.24) is 9.80 Å². The van der Waals surface area contributed by atoms with Crippen LogP contribution in [0.15, 0.2) is 41.0 Å².